The molecule has 0 spiro atoms. The number of halogens is 1. The van der Waals surface area contributed by atoms with E-state index in [0.29, 0.717) is 10.9 Å². The number of imidazole rings is 1. The lowest BCUT2D eigenvalue weighted by molar-refractivity contribution is 0.213. The molecule has 1 aliphatic carbocycles. The number of hydrogen-bond acceptors (Lipinski definition) is 4. The van der Waals surface area contributed by atoms with Crippen molar-refractivity contribution in [2.24, 2.45) is 5.92 Å². The van der Waals surface area contributed by atoms with Gasteiger partial charge in [-0.25, -0.2) is 13.4 Å². The fourth-order valence-corrected chi connectivity index (χ4v) is 6.00. The Bertz CT molecular complexity index is 753. The molecule has 0 aromatic carbocycles. The Balaban J connectivity index is 2.03. The van der Waals surface area contributed by atoms with Crippen molar-refractivity contribution in [1.82, 2.24) is 13.7 Å². The van der Waals surface area contributed by atoms with Gasteiger partial charge in [0.15, 0.2) is 15.1 Å². The number of thiazole rings is 1. The first-order valence-electron chi connectivity index (χ1n) is 7.02. The van der Waals surface area contributed by atoms with Crippen LogP contribution in [-0.4, -0.2) is 35.2 Å². The molecule has 116 valence electrons. The number of nitrogens with zero attached hydrogens (tertiary/aromatic N) is 3. The summed E-state index contributed by atoms with van der Waals surface area (Å²) in [4.78, 5) is 4.73. The zero-order chi connectivity index (χ0) is 15.2. The molecule has 0 bridgehead atoms. The van der Waals surface area contributed by atoms with E-state index in [2.05, 4.69) is 11.9 Å². The predicted molar refractivity (Wildman–Crippen MR) is 84.4 cm³/mol. The summed E-state index contributed by atoms with van der Waals surface area (Å²) in [7, 11) is -1.99. The van der Waals surface area contributed by atoms with Gasteiger partial charge in [0.2, 0.25) is 0 Å². The molecular formula is C13H18ClN3O2S2. The highest BCUT2D eigenvalue weighted by Crippen LogP contribution is 2.33. The largest absolute Gasteiger partial charge is 0.279 e. The van der Waals surface area contributed by atoms with E-state index < -0.39 is 10.0 Å². The first-order valence-corrected chi connectivity index (χ1v) is 9.72. The number of sulfonamides is 1. The maximum absolute atomic E-state index is 13.0. The fraction of sp³-hybridized carbons (Fsp3) is 0.615. The van der Waals surface area contributed by atoms with Crippen molar-refractivity contribution in [1.29, 1.82) is 0 Å². The molecule has 1 fully saturated rings. The van der Waals surface area contributed by atoms with E-state index in [-0.39, 0.29) is 16.2 Å². The summed E-state index contributed by atoms with van der Waals surface area (Å²) in [5.74, 6) is 0.364. The highest BCUT2D eigenvalue weighted by molar-refractivity contribution is 7.89. The standard InChI is InChI=1S/C13H18ClN3O2S2/c1-9-5-3-4-6-10(9)16(2)21(18,19)12-11(14)15-13-17(12)7-8-20-13/h7-10H,3-6H2,1-2H3. The minimum atomic E-state index is -3.65. The lowest BCUT2D eigenvalue weighted by Crippen LogP contribution is -2.42. The molecule has 1 aliphatic rings. The number of fused-ring (bicyclic) bond motifs is 1. The molecule has 2 unspecified atom stereocenters. The van der Waals surface area contributed by atoms with Gasteiger partial charge in [-0.15, -0.1) is 11.3 Å². The number of aromatic nitrogens is 2. The highest BCUT2D eigenvalue weighted by Gasteiger charge is 2.36. The summed E-state index contributed by atoms with van der Waals surface area (Å²) in [6, 6.07) is 0.0315. The SMILES string of the molecule is CC1CCCCC1N(C)S(=O)(=O)c1c(Cl)nc2sccn12. The number of rotatable bonds is 3. The van der Waals surface area contributed by atoms with E-state index in [4.69, 9.17) is 11.6 Å². The van der Waals surface area contributed by atoms with Crippen molar-refractivity contribution in [2.45, 2.75) is 43.7 Å². The van der Waals surface area contributed by atoms with Gasteiger partial charge >= 0.3 is 0 Å². The van der Waals surface area contributed by atoms with Crippen LogP contribution in [0.1, 0.15) is 32.6 Å². The molecule has 1 saturated carbocycles. The van der Waals surface area contributed by atoms with Crippen LogP contribution >= 0.6 is 22.9 Å². The molecule has 2 atom stereocenters. The lowest BCUT2D eigenvalue weighted by Gasteiger charge is -2.35. The van der Waals surface area contributed by atoms with E-state index in [1.54, 1.807) is 23.0 Å². The first-order chi connectivity index (χ1) is 9.93. The molecule has 0 amide bonds. The van der Waals surface area contributed by atoms with Crippen LogP contribution < -0.4 is 0 Å². The Morgan fingerprint density at radius 1 is 1.43 bits per heavy atom. The minimum absolute atomic E-state index is 0.0315. The molecule has 8 heteroatoms. The van der Waals surface area contributed by atoms with E-state index in [9.17, 15) is 8.42 Å². The fourth-order valence-electron chi connectivity index (χ4n) is 3.12. The van der Waals surface area contributed by atoms with Crippen LogP contribution in [0.2, 0.25) is 5.15 Å². The van der Waals surface area contributed by atoms with Crippen molar-refractivity contribution in [3.05, 3.63) is 16.7 Å². The van der Waals surface area contributed by atoms with Crippen molar-refractivity contribution < 1.29 is 8.42 Å². The van der Waals surface area contributed by atoms with Crippen LogP contribution in [0.5, 0.6) is 0 Å². The second-order valence-electron chi connectivity index (χ2n) is 5.61. The van der Waals surface area contributed by atoms with E-state index >= 15 is 0 Å². The molecule has 2 aromatic rings. The molecule has 0 radical (unpaired) electrons. The van der Waals surface area contributed by atoms with Crippen molar-refractivity contribution in [3.63, 3.8) is 0 Å². The lowest BCUT2D eigenvalue weighted by atomic mass is 9.86. The first kappa shape index (κ1) is 15.3. The van der Waals surface area contributed by atoms with Gasteiger partial charge < -0.3 is 0 Å². The minimum Gasteiger partial charge on any atom is -0.279 e. The van der Waals surface area contributed by atoms with Crippen LogP contribution in [0.15, 0.2) is 16.6 Å². The summed E-state index contributed by atoms with van der Waals surface area (Å²) in [6.07, 6.45) is 5.92. The van der Waals surface area contributed by atoms with Crippen LogP contribution in [0, 0.1) is 5.92 Å². The molecule has 3 rings (SSSR count). The van der Waals surface area contributed by atoms with E-state index in [1.165, 1.54) is 22.1 Å². The third-order valence-corrected chi connectivity index (χ3v) is 7.38. The normalized spacial score (nSPS) is 24.0. The smallest absolute Gasteiger partial charge is 0.262 e. The van der Waals surface area contributed by atoms with E-state index in [1.807, 2.05) is 0 Å². The second kappa shape index (κ2) is 5.53. The Kier molecular flexibility index (Phi) is 4.02. The molecule has 0 aliphatic heterocycles. The zero-order valence-corrected chi connectivity index (χ0v) is 14.4. The average Bonchev–Trinajstić information content (AvgIpc) is 2.97. The van der Waals surface area contributed by atoms with Crippen LogP contribution in [0.4, 0.5) is 0 Å². The molecule has 2 heterocycles. The molecule has 5 nitrogen and oxygen atoms in total. The summed E-state index contributed by atoms with van der Waals surface area (Å²) in [5, 5.41) is 1.94. The third-order valence-electron chi connectivity index (χ3n) is 4.34. The van der Waals surface area contributed by atoms with Crippen LogP contribution in [0.3, 0.4) is 0 Å². The Labute approximate surface area is 133 Å². The maximum Gasteiger partial charge on any atom is 0.262 e. The molecule has 2 aromatic heterocycles. The molecule has 0 N–H and O–H groups in total. The van der Waals surface area contributed by atoms with Crippen molar-refractivity contribution >= 4 is 37.9 Å². The monoisotopic (exact) mass is 347 g/mol. The number of hydrogen-bond donors (Lipinski definition) is 0. The molecular weight excluding hydrogens is 330 g/mol. The summed E-state index contributed by atoms with van der Waals surface area (Å²) >= 11 is 7.45. The van der Waals surface area contributed by atoms with Crippen molar-refractivity contribution in [2.75, 3.05) is 7.05 Å². The Morgan fingerprint density at radius 3 is 2.86 bits per heavy atom. The highest BCUT2D eigenvalue weighted by atomic mass is 35.5. The Hall–Kier alpha value is -0.630. The summed E-state index contributed by atoms with van der Waals surface area (Å²) < 4.78 is 29.0. The van der Waals surface area contributed by atoms with E-state index in [0.717, 1.165) is 19.3 Å². The average molecular weight is 348 g/mol. The molecule has 0 saturated heterocycles. The molecule has 21 heavy (non-hydrogen) atoms. The summed E-state index contributed by atoms with van der Waals surface area (Å²) in [5.41, 5.74) is 0. The second-order valence-corrected chi connectivity index (χ2v) is 8.76. The van der Waals surface area contributed by atoms with Gasteiger partial charge in [0.25, 0.3) is 10.0 Å². The quantitative estimate of drug-likeness (QED) is 0.856. The van der Waals surface area contributed by atoms with Gasteiger partial charge in [0.1, 0.15) is 0 Å². The van der Waals surface area contributed by atoms with Gasteiger partial charge in [-0.3, -0.25) is 4.40 Å². The van der Waals surface area contributed by atoms with Gasteiger partial charge in [-0.05, 0) is 18.8 Å². The van der Waals surface area contributed by atoms with Gasteiger partial charge in [0, 0.05) is 24.7 Å². The maximum atomic E-state index is 13.0. The zero-order valence-electron chi connectivity index (χ0n) is 12.0. The van der Waals surface area contributed by atoms with Gasteiger partial charge in [0.05, 0.1) is 0 Å². The topological polar surface area (TPSA) is 54.7 Å². The van der Waals surface area contributed by atoms with Crippen LogP contribution in [0.25, 0.3) is 4.96 Å². The Morgan fingerprint density at radius 2 is 2.14 bits per heavy atom. The van der Waals surface area contributed by atoms with Gasteiger partial charge in [-0.1, -0.05) is 31.4 Å². The predicted octanol–water partition coefficient (Wildman–Crippen LogP) is 3.25. The third kappa shape index (κ3) is 2.50. The van der Waals surface area contributed by atoms with Crippen LogP contribution in [-0.2, 0) is 10.0 Å². The van der Waals surface area contributed by atoms with Crippen molar-refractivity contribution in [3.8, 4) is 0 Å². The summed E-state index contributed by atoms with van der Waals surface area (Å²) in [6.45, 7) is 2.12. The van der Waals surface area contributed by atoms with Gasteiger partial charge in [-0.2, -0.15) is 4.31 Å².